The van der Waals surface area contributed by atoms with Crippen LogP contribution in [-0.2, 0) is 4.79 Å². The molecule has 0 aromatic heterocycles. The van der Waals surface area contributed by atoms with Gasteiger partial charge in [-0.1, -0.05) is 40.5 Å². The average Bonchev–Trinajstić information content (AvgIpc) is 2.38. The second kappa shape index (κ2) is 8.25. The molecule has 0 heterocycles. The van der Waals surface area contributed by atoms with Crippen molar-refractivity contribution in [3.63, 3.8) is 0 Å². The number of carbonyl (C=O) groups is 2. The summed E-state index contributed by atoms with van der Waals surface area (Å²) in [5.41, 5.74) is 0. The van der Waals surface area contributed by atoms with Crippen LogP contribution in [0.2, 0.25) is 0 Å². The zero-order valence-electron chi connectivity index (χ0n) is 13.7. The number of carboxylic acids is 1. The van der Waals surface area contributed by atoms with Gasteiger partial charge in [0.05, 0.1) is 5.92 Å². The number of hydrogen-bond acceptors (Lipinski definition) is 2. The highest BCUT2D eigenvalue weighted by molar-refractivity contribution is 5.76. The van der Waals surface area contributed by atoms with Gasteiger partial charge in [0, 0.05) is 12.6 Å². The number of carbonyl (C=O) groups excluding carboxylic acids is 1. The van der Waals surface area contributed by atoms with Crippen molar-refractivity contribution in [3.05, 3.63) is 0 Å². The second-order valence-corrected chi connectivity index (χ2v) is 6.84. The van der Waals surface area contributed by atoms with Crippen LogP contribution >= 0.6 is 0 Å². The summed E-state index contributed by atoms with van der Waals surface area (Å²) in [5.74, 6) is 0.189. The van der Waals surface area contributed by atoms with Gasteiger partial charge in [0.15, 0.2) is 0 Å². The molecule has 0 radical (unpaired) electrons. The van der Waals surface area contributed by atoms with Crippen LogP contribution in [0, 0.1) is 23.7 Å². The normalized spacial score (nSPS) is 22.6. The zero-order valence-corrected chi connectivity index (χ0v) is 13.7. The van der Waals surface area contributed by atoms with Crippen molar-refractivity contribution in [2.45, 2.75) is 59.4 Å². The Kier molecular flexibility index (Phi) is 6.99. The third-order valence-electron chi connectivity index (χ3n) is 4.61. The molecule has 1 fully saturated rings. The molecular formula is C16H30N2O3. The topological polar surface area (TPSA) is 78.4 Å². The predicted octanol–water partition coefficient (Wildman–Crippen LogP) is 2.86. The lowest BCUT2D eigenvalue weighted by Gasteiger charge is -2.30. The molecule has 5 heteroatoms. The van der Waals surface area contributed by atoms with Gasteiger partial charge in [-0.2, -0.15) is 0 Å². The van der Waals surface area contributed by atoms with E-state index >= 15 is 0 Å². The summed E-state index contributed by atoms with van der Waals surface area (Å²) in [6.07, 6.45) is 3.32. The van der Waals surface area contributed by atoms with E-state index in [1.54, 1.807) is 0 Å². The highest BCUT2D eigenvalue weighted by Crippen LogP contribution is 2.24. The smallest absolute Gasteiger partial charge is 0.315 e. The molecule has 0 saturated heterocycles. The maximum atomic E-state index is 12.0. The fraction of sp³-hybridized carbons (Fsp3) is 0.875. The number of nitrogens with one attached hydrogen (secondary N) is 2. The second-order valence-electron chi connectivity index (χ2n) is 6.84. The molecule has 1 aliphatic rings. The summed E-state index contributed by atoms with van der Waals surface area (Å²) in [6.45, 7) is 9.26. The lowest BCUT2D eigenvalue weighted by molar-refractivity contribution is -0.143. The lowest BCUT2D eigenvalue weighted by atomic mass is 9.84. The first-order chi connectivity index (χ1) is 9.82. The van der Waals surface area contributed by atoms with E-state index in [0.29, 0.717) is 30.7 Å². The van der Waals surface area contributed by atoms with Gasteiger partial charge >= 0.3 is 12.0 Å². The zero-order chi connectivity index (χ0) is 16.0. The van der Waals surface area contributed by atoms with Crippen LogP contribution in [0.1, 0.15) is 53.4 Å². The summed E-state index contributed by atoms with van der Waals surface area (Å²) >= 11 is 0. The molecule has 3 N–H and O–H groups in total. The molecule has 0 aromatic rings. The van der Waals surface area contributed by atoms with Gasteiger partial charge in [-0.05, 0) is 30.6 Å². The van der Waals surface area contributed by atoms with E-state index in [2.05, 4.69) is 38.3 Å². The molecule has 122 valence electrons. The molecule has 1 saturated carbocycles. The molecule has 2 unspecified atom stereocenters. The van der Waals surface area contributed by atoms with Crippen LogP contribution in [0.15, 0.2) is 0 Å². The summed E-state index contributed by atoms with van der Waals surface area (Å²) in [7, 11) is 0. The molecular weight excluding hydrogens is 268 g/mol. The van der Waals surface area contributed by atoms with Gasteiger partial charge in [-0.3, -0.25) is 4.79 Å². The fourth-order valence-corrected chi connectivity index (χ4v) is 3.27. The van der Waals surface area contributed by atoms with Crippen molar-refractivity contribution in [2.24, 2.45) is 23.7 Å². The Balaban J connectivity index is 2.46. The Hall–Kier alpha value is -1.26. The lowest BCUT2D eigenvalue weighted by Crippen LogP contribution is -2.50. The van der Waals surface area contributed by atoms with Gasteiger partial charge in [-0.25, -0.2) is 4.79 Å². The minimum Gasteiger partial charge on any atom is -0.481 e. The van der Waals surface area contributed by atoms with Gasteiger partial charge in [0.1, 0.15) is 0 Å². The van der Waals surface area contributed by atoms with E-state index in [-0.39, 0.29) is 12.1 Å². The quantitative estimate of drug-likeness (QED) is 0.705. The number of carboxylic acid groups (broad SMARTS) is 1. The number of urea groups is 1. The van der Waals surface area contributed by atoms with E-state index in [1.807, 2.05) is 0 Å². The van der Waals surface area contributed by atoms with Crippen LogP contribution < -0.4 is 10.6 Å². The SMILES string of the molecule is CC(C)C(CNC(=O)NC1CCCCC1C(=O)O)C(C)C. The highest BCUT2D eigenvalue weighted by Gasteiger charge is 2.31. The van der Waals surface area contributed by atoms with Crippen molar-refractivity contribution in [1.82, 2.24) is 10.6 Å². The maximum absolute atomic E-state index is 12.0. The average molecular weight is 298 g/mol. The van der Waals surface area contributed by atoms with E-state index in [9.17, 15) is 14.7 Å². The van der Waals surface area contributed by atoms with E-state index in [0.717, 1.165) is 19.3 Å². The molecule has 1 aliphatic carbocycles. The van der Waals surface area contributed by atoms with Crippen molar-refractivity contribution < 1.29 is 14.7 Å². The number of rotatable bonds is 6. The summed E-state index contributed by atoms with van der Waals surface area (Å²) in [5, 5.41) is 15.0. The molecule has 0 aromatic carbocycles. The van der Waals surface area contributed by atoms with Crippen molar-refractivity contribution in [2.75, 3.05) is 6.54 Å². The Morgan fingerprint density at radius 1 is 1.10 bits per heavy atom. The molecule has 0 spiro atoms. The van der Waals surface area contributed by atoms with E-state index < -0.39 is 11.9 Å². The number of aliphatic carboxylic acids is 1. The summed E-state index contributed by atoms with van der Waals surface area (Å²) in [6, 6.07) is -0.479. The van der Waals surface area contributed by atoms with Gasteiger partial charge < -0.3 is 15.7 Å². The summed E-state index contributed by atoms with van der Waals surface area (Å²) in [4.78, 5) is 23.2. The monoisotopic (exact) mass is 298 g/mol. The highest BCUT2D eigenvalue weighted by atomic mass is 16.4. The van der Waals surface area contributed by atoms with Gasteiger partial charge in [-0.15, -0.1) is 0 Å². The minimum atomic E-state index is -0.803. The van der Waals surface area contributed by atoms with Crippen LogP contribution in [0.5, 0.6) is 0 Å². The maximum Gasteiger partial charge on any atom is 0.315 e. The third kappa shape index (κ3) is 5.56. The Morgan fingerprint density at radius 3 is 2.19 bits per heavy atom. The Labute approximate surface area is 127 Å². The van der Waals surface area contributed by atoms with Gasteiger partial charge in [0.25, 0.3) is 0 Å². The molecule has 2 atom stereocenters. The van der Waals surface area contributed by atoms with E-state index in [4.69, 9.17) is 0 Å². The number of amides is 2. The first-order valence-electron chi connectivity index (χ1n) is 8.10. The predicted molar refractivity (Wildman–Crippen MR) is 83.1 cm³/mol. The van der Waals surface area contributed by atoms with Crippen LogP contribution in [-0.4, -0.2) is 29.7 Å². The largest absolute Gasteiger partial charge is 0.481 e. The van der Waals surface area contributed by atoms with Crippen molar-refractivity contribution >= 4 is 12.0 Å². The first kappa shape index (κ1) is 17.8. The Morgan fingerprint density at radius 2 is 1.67 bits per heavy atom. The van der Waals surface area contributed by atoms with E-state index in [1.165, 1.54) is 0 Å². The number of hydrogen-bond donors (Lipinski definition) is 3. The van der Waals surface area contributed by atoms with Crippen LogP contribution in [0.25, 0.3) is 0 Å². The van der Waals surface area contributed by atoms with Crippen LogP contribution in [0.3, 0.4) is 0 Å². The summed E-state index contributed by atoms with van der Waals surface area (Å²) < 4.78 is 0. The minimum absolute atomic E-state index is 0.237. The van der Waals surface area contributed by atoms with Gasteiger partial charge in [0.2, 0.25) is 0 Å². The first-order valence-corrected chi connectivity index (χ1v) is 8.10. The van der Waals surface area contributed by atoms with Crippen LogP contribution in [0.4, 0.5) is 4.79 Å². The molecule has 5 nitrogen and oxygen atoms in total. The molecule has 1 rings (SSSR count). The van der Waals surface area contributed by atoms with Crippen molar-refractivity contribution in [3.8, 4) is 0 Å². The molecule has 21 heavy (non-hydrogen) atoms. The van der Waals surface area contributed by atoms with Crippen molar-refractivity contribution in [1.29, 1.82) is 0 Å². The molecule has 0 bridgehead atoms. The third-order valence-corrected chi connectivity index (χ3v) is 4.61. The standard InChI is InChI=1S/C16H30N2O3/c1-10(2)13(11(3)4)9-17-16(21)18-14-8-6-5-7-12(14)15(19)20/h10-14H,5-9H2,1-4H3,(H,19,20)(H2,17,18,21). The Bertz CT molecular complexity index is 347. The molecule has 2 amide bonds. The molecule has 0 aliphatic heterocycles. The fourth-order valence-electron chi connectivity index (χ4n) is 3.27.